The zero-order valence-corrected chi connectivity index (χ0v) is 17.6. The molecule has 1 aliphatic heterocycles. The van der Waals surface area contributed by atoms with Crippen molar-refractivity contribution in [1.82, 2.24) is 15.0 Å². The van der Waals surface area contributed by atoms with Gasteiger partial charge in [0.05, 0.1) is 23.4 Å². The van der Waals surface area contributed by atoms with E-state index in [0.717, 1.165) is 55.3 Å². The maximum atomic E-state index is 5.57. The molecular formula is C22H27N5OS. The zero-order valence-electron chi connectivity index (χ0n) is 16.7. The van der Waals surface area contributed by atoms with Crippen LogP contribution in [0.15, 0.2) is 6.33 Å². The van der Waals surface area contributed by atoms with Crippen molar-refractivity contribution in [2.45, 2.75) is 57.4 Å². The lowest BCUT2D eigenvalue weighted by atomic mass is 9.95. The standard InChI is InChI=1S/C22H27N5OS/c1-2-5-14(6-3-1)25-20-19-18(23-13-24-20)17-15-7-4-8-16(15)21(26-22(17)29-19)27-9-11-28-12-10-27/h13-14H,1-12H2,(H,23,24,25). The summed E-state index contributed by atoms with van der Waals surface area (Å²) in [5.41, 5.74) is 4.02. The first-order valence-corrected chi connectivity index (χ1v) is 11.9. The summed E-state index contributed by atoms with van der Waals surface area (Å²) in [7, 11) is 0. The molecule has 6 nitrogen and oxygen atoms in total. The van der Waals surface area contributed by atoms with E-state index in [2.05, 4.69) is 15.2 Å². The number of hydrogen-bond acceptors (Lipinski definition) is 7. The highest BCUT2D eigenvalue weighted by molar-refractivity contribution is 7.26. The Morgan fingerprint density at radius 3 is 2.69 bits per heavy atom. The Hall–Kier alpha value is -1.99. The van der Waals surface area contributed by atoms with Crippen LogP contribution in [0.1, 0.15) is 49.7 Å². The SMILES string of the molecule is c1nc(NC2CCCCC2)c2sc3nc(N4CCOCC4)c4c(c3c2n1)CCC4. The first-order chi connectivity index (χ1) is 14.4. The number of hydrogen-bond donors (Lipinski definition) is 1. The third-order valence-corrected chi connectivity index (χ3v) is 7.79. The molecule has 0 radical (unpaired) electrons. The third kappa shape index (κ3) is 3.06. The molecule has 0 bridgehead atoms. The monoisotopic (exact) mass is 409 g/mol. The van der Waals surface area contributed by atoms with Gasteiger partial charge < -0.3 is 15.0 Å². The predicted molar refractivity (Wildman–Crippen MR) is 118 cm³/mol. The van der Waals surface area contributed by atoms with Crippen molar-refractivity contribution in [3.05, 3.63) is 17.5 Å². The van der Waals surface area contributed by atoms with Gasteiger partial charge in [-0.1, -0.05) is 19.3 Å². The molecule has 1 saturated heterocycles. The highest BCUT2D eigenvalue weighted by Gasteiger charge is 2.27. The molecule has 1 N–H and O–H groups in total. The Labute approximate surface area is 174 Å². The number of aromatic nitrogens is 3. The van der Waals surface area contributed by atoms with Crippen LogP contribution in [0.2, 0.25) is 0 Å². The molecule has 3 aromatic heterocycles. The van der Waals surface area contributed by atoms with Gasteiger partial charge in [0.25, 0.3) is 0 Å². The van der Waals surface area contributed by atoms with Gasteiger partial charge >= 0.3 is 0 Å². The molecule has 0 unspecified atom stereocenters. The third-order valence-electron chi connectivity index (χ3n) is 6.71. The van der Waals surface area contributed by atoms with E-state index in [9.17, 15) is 0 Å². The van der Waals surface area contributed by atoms with Crippen molar-refractivity contribution in [2.24, 2.45) is 0 Å². The van der Waals surface area contributed by atoms with Crippen molar-refractivity contribution >= 4 is 43.4 Å². The normalized spacial score (nSPS) is 20.5. The van der Waals surface area contributed by atoms with Gasteiger partial charge in [0.1, 0.15) is 22.8 Å². The molecule has 3 aromatic rings. The number of fused-ring (bicyclic) bond motifs is 5. The zero-order chi connectivity index (χ0) is 19.2. The number of aryl methyl sites for hydroxylation is 1. The van der Waals surface area contributed by atoms with Crippen LogP contribution in [-0.2, 0) is 17.6 Å². The molecule has 1 saturated carbocycles. The van der Waals surface area contributed by atoms with Crippen molar-refractivity contribution in [2.75, 3.05) is 36.5 Å². The average Bonchev–Trinajstić information content (AvgIpc) is 3.39. The molecule has 7 heteroatoms. The molecule has 152 valence electrons. The topological polar surface area (TPSA) is 63.2 Å². The summed E-state index contributed by atoms with van der Waals surface area (Å²) in [4.78, 5) is 18.1. The summed E-state index contributed by atoms with van der Waals surface area (Å²) in [5.74, 6) is 2.19. The molecular weight excluding hydrogens is 382 g/mol. The van der Waals surface area contributed by atoms with Crippen LogP contribution >= 0.6 is 11.3 Å². The van der Waals surface area contributed by atoms with E-state index in [1.807, 2.05) is 0 Å². The van der Waals surface area contributed by atoms with Gasteiger partial charge in [0.15, 0.2) is 0 Å². The minimum absolute atomic E-state index is 0.537. The second-order valence-electron chi connectivity index (χ2n) is 8.51. The maximum absolute atomic E-state index is 5.57. The van der Waals surface area contributed by atoms with E-state index < -0.39 is 0 Å². The first kappa shape index (κ1) is 17.8. The van der Waals surface area contributed by atoms with E-state index in [1.54, 1.807) is 17.7 Å². The number of morpholine rings is 1. The lowest BCUT2D eigenvalue weighted by Gasteiger charge is -2.29. The molecule has 0 aromatic carbocycles. The van der Waals surface area contributed by atoms with Crippen LogP contribution in [-0.4, -0.2) is 47.3 Å². The fourth-order valence-electron chi connectivity index (χ4n) is 5.26. The minimum atomic E-state index is 0.537. The smallest absolute Gasteiger partial charge is 0.147 e. The highest BCUT2D eigenvalue weighted by atomic mass is 32.1. The summed E-state index contributed by atoms with van der Waals surface area (Å²) >= 11 is 1.76. The molecule has 29 heavy (non-hydrogen) atoms. The number of ether oxygens (including phenoxy) is 1. The highest BCUT2D eigenvalue weighted by Crippen LogP contribution is 2.43. The van der Waals surface area contributed by atoms with Gasteiger partial charge in [-0.25, -0.2) is 15.0 Å². The van der Waals surface area contributed by atoms with Crippen molar-refractivity contribution < 1.29 is 4.74 Å². The number of nitrogens with one attached hydrogen (secondary N) is 1. The molecule has 6 rings (SSSR count). The van der Waals surface area contributed by atoms with Crippen LogP contribution in [0, 0.1) is 0 Å². The van der Waals surface area contributed by atoms with Crippen molar-refractivity contribution in [3.8, 4) is 0 Å². The van der Waals surface area contributed by atoms with Crippen LogP contribution in [0.3, 0.4) is 0 Å². The quantitative estimate of drug-likeness (QED) is 0.695. The molecule has 2 fully saturated rings. The van der Waals surface area contributed by atoms with Crippen LogP contribution in [0.25, 0.3) is 20.4 Å². The van der Waals surface area contributed by atoms with Crippen molar-refractivity contribution in [1.29, 1.82) is 0 Å². The van der Waals surface area contributed by atoms with E-state index in [-0.39, 0.29) is 0 Å². The van der Waals surface area contributed by atoms with Gasteiger partial charge in [-0.05, 0) is 43.2 Å². The Balaban J connectivity index is 1.48. The molecule has 0 amide bonds. The van der Waals surface area contributed by atoms with Gasteiger partial charge in [0, 0.05) is 24.5 Å². The van der Waals surface area contributed by atoms with Gasteiger partial charge in [0.2, 0.25) is 0 Å². The molecule has 4 heterocycles. The number of nitrogens with zero attached hydrogens (tertiary/aromatic N) is 4. The van der Waals surface area contributed by atoms with Gasteiger partial charge in [-0.3, -0.25) is 0 Å². The average molecular weight is 410 g/mol. The van der Waals surface area contributed by atoms with E-state index in [0.29, 0.717) is 6.04 Å². The lowest BCUT2D eigenvalue weighted by molar-refractivity contribution is 0.122. The van der Waals surface area contributed by atoms with E-state index in [1.165, 1.54) is 65.6 Å². The second kappa shape index (κ2) is 7.36. The number of rotatable bonds is 3. The van der Waals surface area contributed by atoms with Gasteiger partial charge in [-0.15, -0.1) is 11.3 Å². The Morgan fingerprint density at radius 2 is 1.83 bits per heavy atom. The Morgan fingerprint density at radius 1 is 1.00 bits per heavy atom. The van der Waals surface area contributed by atoms with E-state index in [4.69, 9.17) is 14.7 Å². The van der Waals surface area contributed by atoms with Gasteiger partial charge in [-0.2, -0.15) is 0 Å². The summed E-state index contributed by atoms with van der Waals surface area (Å²) < 4.78 is 6.75. The second-order valence-corrected chi connectivity index (χ2v) is 9.51. The number of anilines is 2. The summed E-state index contributed by atoms with van der Waals surface area (Å²) in [6, 6.07) is 0.537. The largest absolute Gasteiger partial charge is 0.378 e. The van der Waals surface area contributed by atoms with Crippen LogP contribution in [0.4, 0.5) is 11.6 Å². The summed E-state index contributed by atoms with van der Waals surface area (Å²) in [5, 5.41) is 5.02. The van der Waals surface area contributed by atoms with Crippen LogP contribution < -0.4 is 10.2 Å². The predicted octanol–water partition coefficient (Wildman–Crippen LogP) is 4.31. The Bertz CT molecular complexity index is 1050. The molecule has 2 aliphatic carbocycles. The fraction of sp³-hybridized carbons (Fsp3) is 0.591. The summed E-state index contributed by atoms with van der Waals surface area (Å²) in [6.07, 6.45) is 11.7. The summed E-state index contributed by atoms with van der Waals surface area (Å²) in [6.45, 7) is 3.46. The lowest BCUT2D eigenvalue weighted by Crippen LogP contribution is -2.37. The molecule has 3 aliphatic rings. The minimum Gasteiger partial charge on any atom is -0.378 e. The Kier molecular flexibility index (Phi) is 4.53. The van der Waals surface area contributed by atoms with E-state index >= 15 is 0 Å². The van der Waals surface area contributed by atoms with Crippen molar-refractivity contribution in [3.63, 3.8) is 0 Å². The molecule has 0 atom stereocenters. The fourth-order valence-corrected chi connectivity index (χ4v) is 6.37. The maximum Gasteiger partial charge on any atom is 0.147 e. The van der Waals surface area contributed by atoms with Crippen LogP contribution in [0.5, 0.6) is 0 Å². The molecule has 0 spiro atoms. The number of pyridine rings is 1. The first-order valence-electron chi connectivity index (χ1n) is 11.1. The number of thiophene rings is 1.